The van der Waals surface area contributed by atoms with Crippen LogP contribution in [0.2, 0.25) is 0 Å². The summed E-state index contributed by atoms with van der Waals surface area (Å²) in [6, 6.07) is 27.3. The molecule has 4 aromatic carbocycles. The Kier molecular flexibility index (Phi) is 16.7. The minimum atomic E-state index is -2.55. The first-order valence-electron chi connectivity index (χ1n) is 16.5. The van der Waals surface area contributed by atoms with Crippen molar-refractivity contribution in [3.05, 3.63) is 130 Å². The summed E-state index contributed by atoms with van der Waals surface area (Å²) in [5.41, 5.74) is 3.90. The van der Waals surface area contributed by atoms with Crippen LogP contribution in [0.4, 0.5) is 0 Å². The molecule has 4 N–H and O–H groups in total. The van der Waals surface area contributed by atoms with E-state index in [2.05, 4.69) is 9.49 Å². The molecule has 4 rings (SSSR count). The van der Waals surface area contributed by atoms with E-state index < -0.39 is 38.9 Å². The van der Waals surface area contributed by atoms with Crippen LogP contribution in [0, 0.1) is 0 Å². The number of hydrogen-bond acceptors (Lipinski definition) is 10. The van der Waals surface area contributed by atoms with Crippen LogP contribution < -0.4 is 9.05 Å². The maximum Gasteiger partial charge on any atom is 0.335 e. The van der Waals surface area contributed by atoms with Crippen LogP contribution in [-0.4, -0.2) is 71.7 Å². The lowest BCUT2D eigenvalue weighted by Gasteiger charge is -2.21. The fourth-order valence-electron chi connectivity index (χ4n) is 4.46. The number of aryl methyl sites for hydroxylation is 2. The van der Waals surface area contributed by atoms with Gasteiger partial charge in [-0.2, -0.15) is 0 Å². The highest BCUT2D eigenvalue weighted by Gasteiger charge is 2.18. The van der Waals surface area contributed by atoms with Gasteiger partial charge in [-0.15, -0.1) is 0 Å². The second-order valence-electron chi connectivity index (χ2n) is 11.8. The first-order chi connectivity index (χ1) is 25.6. The summed E-state index contributed by atoms with van der Waals surface area (Å²) >= 11 is 0. The number of benzene rings is 4. The number of carboxylic acids is 4. The standard InChI is InChI=1S/C20H24NO6P.C18H20NO6P/c1-21-28(2,26-17-9-3-15(4-10-17)7-13-19(22)23)27-18-11-5-16(6-12-18)8-14-20(24)25;1-19-26(2,24-11-13-3-7-15(8-4-13)17(20)21)25-12-14-5-9-16(10-6-14)18(22)23/h3-6,9-12H,7-8,13-14H2,1-2H3,(H,22,23)(H,24,25);3-10H,11-12H2,1-2H3,(H,20,21)(H,22,23). The number of carboxylic acid groups (broad SMARTS) is 4. The molecule has 0 unspecified atom stereocenters. The van der Waals surface area contributed by atoms with Crippen LogP contribution in [0.25, 0.3) is 0 Å². The van der Waals surface area contributed by atoms with Crippen molar-refractivity contribution in [3.63, 3.8) is 0 Å². The molecule has 14 nitrogen and oxygen atoms in total. The van der Waals surface area contributed by atoms with Gasteiger partial charge in [0, 0.05) is 40.3 Å². The molecule has 0 saturated heterocycles. The molecule has 0 spiro atoms. The molecule has 0 heterocycles. The van der Waals surface area contributed by atoms with Crippen LogP contribution in [-0.2, 0) is 44.7 Å². The molecule has 288 valence electrons. The normalized spacial score (nSPS) is 11.0. The summed E-state index contributed by atoms with van der Waals surface area (Å²) in [6.45, 7) is 4.08. The predicted molar refractivity (Wildman–Crippen MR) is 205 cm³/mol. The van der Waals surface area contributed by atoms with E-state index in [-0.39, 0.29) is 37.2 Å². The topological polar surface area (TPSA) is 211 Å². The van der Waals surface area contributed by atoms with Crippen molar-refractivity contribution in [2.24, 2.45) is 9.49 Å². The average molecular weight is 783 g/mol. The Morgan fingerprint density at radius 2 is 0.815 bits per heavy atom. The first-order valence-corrected chi connectivity index (χ1v) is 20.6. The van der Waals surface area contributed by atoms with Crippen LogP contribution in [0.3, 0.4) is 0 Å². The highest BCUT2D eigenvalue weighted by Crippen LogP contribution is 2.49. The summed E-state index contributed by atoms with van der Waals surface area (Å²) < 4.78 is 32.1. The lowest BCUT2D eigenvalue weighted by atomic mass is 10.1. The maximum absolute atomic E-state index is 10.9. The van der Waals surface area contributed by atoms with Crippen molar-refractivity contribution in [1.82, 2.24) is 0 Å². The van der Waals surface area contributed by atoms with E-state index in [1.54, 1.807) is 76.0 Å². The lowest BCUT2D eigenvalue weighted by molar-refractivity contribution is -0.138. The van der Waals surface area contributed by atoms with Crippen LogP contribution in [0.15, 0.2) is 107 Å². The van der Waals surface area contributed by atoms with Crippen molar-refractivity contribution < 1.29 is 57.7 Å². The molecular weight excluding hydrogens is 738 g/mol. The smallest absolute Gasteiger partial charge is 0.335 e. The predicted octanol–water partition coefficient (Wildman–Crippen LogP) is 8.58. The number of rotatable bonds is 18. The maximum atomic E-state index is 10.9. The largest absolute Gasteiger partial charge is 0.481 e. The Bertz CT molecular complexity index is 1850. The average Bonchev–Trinajstić information content (AvgIpc) is 3.16. The molecule has 54 heavy (non-hydrogen) atoms. The summed E-state index contributed by atoms with van der Waals surface area (Å²) in [5, 5.41) is 35.3. The molecule has 0 saturated carbocycles. The molecule has 16 heteroatoms. The molecule has 0 aliphatic carbocycles. The molecule has 0 bridgehead atoms. The van der Waals surface area contributed by atoms with E-state index >= 15 is 0 Å². The zero-order valence-corrected chi connectivity index (χ0v) is 32.1. The number of hydrogen-bond donors (Lipinski definition) is 4. The van der Waals surface area contributed by atoms with Gasteiger partial charge in [0.1, 0.15) is 11.5 Å². The van der Waals surface area contributed by atoms with Gasteiger partial charge in [-0.3, -0.25) is 14.3 Å². The molecular formula is C38H44N2O12P2. The van der Waals surface area contributed by atoms with Crippen LogP contribution in [0.5, 0.6) is 11.5 Å². The van der Waals surface area contributed by atoms with Crippen molar-refractivity contribution in [2.75, 3.05) is 27.4 Å². The van der Waals surface area contributed by atoms with E-state index in [4.69, 9.17) is 38.5 Å². The van der Waals surface area contributed by atoms with Crippen molar-refractivity contribution in [3.8, 4) is 11.5 Å². The van der Waals surface area contributed by atoms with E-state index in [0.717, 1.165) is 22.3 Å². The molecule has 0 aromatic heterocycles. The Labute approximate surface area is 313 Å². The van der Waals surface area contributed by atoms with Gasteiger partial charge in [0.15, 0.2) is 0 Å². The van der Waals surface area contributed by atoms with Gasteiger partial charge in [0.25, 0.3) is 0 Å². The fraction of sp³-hybridized carbons (Fsp3) is 0.263. The van der Waals surface area contributed by atoms with Gasteiger partial charge in [-0.1, -0.05) is 48.5 Å². The van der Waals surface area contributed by atoms with Crippen LogP contribution in [0.1, 0.15) is 55.8 Å². The number of carbonyl (C=O) groups is 4. The summed E-state index contributed by atoms with van der Waals surface area (Å²) in [7, 11) is -1.75. The minimum Gasteiger partial charge on any atom is -0.481 e. The minimum absolute atomic E-state index is 0.0841. The van der Waals surface area contributed by atoms with Gasteiger partial charge >= 0.3 is 31.4 Å². The Morgan fingerprint density at radius 1 is 0.500 bits per heavy atom. The van der Waals surface area contributed by atoms with Gasteiger partial charge in [0.2, 0.25) is 7.51 Å². The lowest BCUT2D eigenvalue weighted by Crippen LogP contribution is -2.01. The second-order valence-corrected chi connectivity index (χ2v) is 16.7. The molecule has 0 amide bonds. The van der Waals surface area contributed by atoms with Gasteiger partial charge in [0.05, 0.1) is 24.3 Å². The SMILES string of the molecule is CN=P(C)(OCc1ccc(C(=O)O)cc1)OCc1ccc(C(=O)O)cc1.CN=P(C)(Oc1ccc(CCC(=O)O)cc1)Oc1ccc(CCC(=O)O)cc1. The van der Waals surface area contributed by atoms with Crippen LogP contribution >= 0.6 is 15.0 Å². The molecule has 0 aliphatic heterocycles. The third kappa shape index (κ3) is 15.0. The molecule has 0 fully saturated rings. The van der Waals surface area contributed by atoms with Crippen molar-refractivity contribution >= 4 is 38.9 Å². The number of aliphatic carboxylic acids is 2. The van der Waals surface area contributed by atoms with Gasteiger partial charge < -0.3 is 38.5 Å². The first kappa shape index (κ1) is 43.1. The Hall–Kier alpha value is -5.26. The molecule has 0 radical (unpaired) electrons. The van der Waals surface area contributed by atoms with Crippen molar-refractivity contribution in [1.29, 1.82) is 0 Å². The zero-order chi connectivity index (χ0) is 39.7. The monoisotopic (exact) mass is 782 g/mol. The highest BCUT2D eigenvalue weighted by atomic mass is 31.2. The molecule has 0 aliphatic rings. The van der Waals surface area contributed by atoms with Gasteiger partial charge in [-0.25, -0.2) is 14.3 Å². The van der Waals surface area contributed by atoms with E-state index in [1.807, 2.05) is 24.3 Å². The Morgan fingerprint density at radius 3 is 1.09 bits per heavy atom. The number of nitrogens with zero attached hydrogens (tertiary/aromatic N) is 2. The zero-order valence-electron chi connectivity index (χ0n) is 30.3. The Balaban J connectivity index is 0.000000291. The van der Waals surface area contributed by atoms with Crippen molar-refractivity contribution in [2.45, 2.75) is 38.9 Å². The highest BCUT2D eigenvalue weighted by molar-refractivity contribution is 7.56. The summed E-state index contributed by atoms with van der Waals surface area (Å²) in [6.07, 6.45) is 1.09. The quantitative estimate of drug-likeness (QED) is 0.0699. The van der Waals surface area contributed by atoms with E-state index in [9.17, 15) is 19.2 Å². The number of aromatic carboxylic acids is 2. The van der Waals surface area contributed by atoms with Gasteiger partial charge in [-0.05, 0) is 83.6 Å². The molecule has 0 atom stereocenters. The molecule has 4 aromatic rings. The summed E-state index contributed by atoms with van der Waals surface area (Å²) in [5.74, 6) is -2.42. The second kappa shape index (κ2) is 20.8. The summed E-state index contributed by atoms with van der Waals surface area (Å²) in [4.78, 5) is 43.0. The fourth-order valence-corrected chi connectivity index (χ4v) is 6.77. The third-order valence-electron chi connectivity index (χ3n) is 7.72. The van der Waals surface area contributed by atoms with E-state index in [1.165, 1.54) is 24.3 Å². The van der Waals surface area contributed by atoms with E-state index in [0.29, 0.717) is 24.3 Å². The third-order valence-corrected chi connectivity index (χ3v) is 11.5.